The van der Waals surface area contributed by atoms with E-state index in [2.05, 4.69) is 121 Å². The number of nitrogens with zero attached hydrogens (tertiary/aromatic N) is 2. The Bertz CT molecular complexity index is 1190. The highest BCUT2D eigenvalue weighted by atomic mass is 19.5. The lowest BCUT2D eigenvalue weighted by Gasteiger charge is -2.05. The van der Waals surface area contributed by atoms with Gasteiger partial charge in [-0.25, -0.2) is 0 Å². The fourth-order valence-corrected chi connectivity index (χ4v) is 4.05. The first kappa shape index (κ1) is 32.5. The molecule has 4 rings (SSSR count). The molecule has 0 saturated heterocycles. The minimum atomic E-state index is -6.00. The minimum Gasteiger partial charge on any atom is -0.418 e. The molecule has 0 aliphatic carbocycles. The van der Waals surface area contributed by atoms with Crippen LogP contribution in [0.15, 0.2) is 97.6 Å². The summed E-state index contributed by atoms with van der Waals surface area (Å²) in [5, 5.41) is 0. The van der Waals surface area contributed by atoms with Crippen LogP contribution in [0.5, 0.6) is 0 Å². The zero-order chi connectivity index (χ0) is 29.8. The van der Waals surface area contributed by atoms with Crippen molar-refractivity contribution in [2.24, 2.45) is 0 Å². The fourth-order valence-electron chi connectivity index (χ4n) is 4.05. The summed E-state index contributed by atoms with van der Waals surface area (Å²) in [5.41, 5.74) is 7.78. The second kappa shape index (κ2) is 15.2. The van der Waals surface area contributed by atoms with Gasteiger partial charge < -0.3 is 34.5 Å². The molecule has 0 atom stereocenters. The normalized spacial score (nSPS) is 11.2. The summed E-state index contributed by atoms with van der Waals surface area (Å²) in [4.78, 5) is 0. The van der Waals surface area contributed by atoms with E-state index >= 15 is 0 Å². The van der Waals surface area contributed by atoms with Gasteiger partial charge >= 0.3 is 14.5 Å². The summed E-state index contributed by atoms with van der Waals surface area (Å²) in [5.74, 6) is 0. The average molecular weight is 568 g/mol. The van der Waals surface area contributed by atoms with Crippen molar-refractivity contribution in [3.8, 4) is 22.5 Å². The van der Waals surface area contributed by atoms with E-state index in [0.717, 1.165) is 25.7 Å². The van der Waals surface area contributed by atoms with Crippen molar-refractivity contribution < 1.29 is 43.7 Å². The van der Waals surface area contributed by atoms with Crippen LogP contribution in [0.4, 0.5) is 34.5 Å². The Morgan fingerprint density at radius 1 is 0.475 bits per heavy atom. The summed E-state index contributed by atoms with van der Waals surface area (Å²) in [6.45, 7) is 4.46. The smallest absolute Gasteiger partial charge is 0.418 e. The first-order valence-corrected chi connectivity index (χ1v) is 12.7. The van der Waals surface area contributed by atoms with E-state index in [1.807, 2.05) is 0 Å². The summed E-state index contributed by atoms with van der Waals surface area (Å²) in [6.07, 6.45) is 13.2. The van der Waals surface area contributed by atoms with Crippen molar-refractivity contribution in [1.29, 1.82) is 0 Å². The Morgan fingerprint density at radius 3 is 1.02 bits per heavy atom. The number of benzene rings is 2. The quantitative estimate of drug-likeness (QED) is 0.120. The first-order chi connectivity index (χ1) is 18.8. The summed E-state index contributed by atoms with van der Waals surface area (Å²) in [6, 6.07) is 26.1. The van der Waals surface area contributed by atoms with Crippen LogP contribution < -0.4 is 9.13 Å². The van der Waals surface area contributed by atoms with Crippen molar-refractivity contribution in [3.63, 3.8) is 0 Å². The van der Waals surface area contributed by atoms with Gasteiger partial charge in [0.05, 0.1) is 0 Å². The van der Waals surface area contributed by atoms with E-state index in [-0.39, 0.29) is 0 Å². The Kier molecular flexibility index (Phi) is 12.4. The summed E-state index contributed by atoms with van der Waals surface area (Å²) >= 11 is 0. The topological polar surface area (TPSA) is 7.76 Å². The molecule has 0 fully saturated rings. The lowest BCUT2D eigenvalue weighted by Crippen LogP contribution is -2.31. The predicted octanol–water partition coefficient (Wildman–Crippen LogP) is 8.41. The van der Waals surface area contributed by atoms with Gasteiger partial charge in [0.25, 0.3) is 0 Å². The monoisotopic (exact) mass is 568 g/mol. The maximum absolute atomic E-state index is 9.75. The van der Waals surface area contributed by atoms with E-state index in [1.165, 1.54) is 33.6 Å². The third kappa shape index (κ3) is 12.0. The Hall–Kier alpha value is -3.69. The molecule has 2 nitrogen and oxygen atoms in total. The third-order valence-corrected chi connectivity index (χ3v) is 5.57. The highest BCUT2D eigenvalue weighted by molar-refractivity contribution is 6.50. The van der Waals surface area contributed by atoms with Crippen LogP contribution in [-0.2, 0) is 12.8 Å². The van der Waals surface area contributed by atoms with Gasteiger partial charge in [-0.05, 0) is 24.0 Å². The molecule has 0 amide bonds. The largest absolute Gasteiger partial charge is 0.673 e. The van der Waals surface area contributed by atoms with Crippen LogP contribution in [0.2, 0.25) is 0 Å². The van der Waals surface area contributed by atoms with Gasteiger partial charge in [-0.3, -0.25) is 0 Å². The molecule has 214 valence electrons. The molecule has 0 saturated carbocycles. The van der Waals surface area contributed by atoms with Crippen LogP contribution in [0.3, 0.4) is 0 Å². The van der Waals surface area contributed by atoms with Crippen molar-refractivity contribution >= 4 is 14.5 Å². The standard InChI is InChI=1S/C28H30N2.2BF4/c1-3-9-25-11-5-7-13-27(25)29-19-15-23(16-20-29)24-17-21-30(22-18-24)28-14-8-6-12-26(28)10-4-2;2*2-1(3,4)5/h5-8,11-22H,3-4,9-10H2,1-2H3;;/q+2;2*-1. The van der Waals surface area contributed by atoms with Gasteiger partial charge in [0, 0.05) is 47.5 Å². The first-order valence-electron chi connectivity index (χ1n) is 12.7. The number of hydrogen-bond donors (Lipinski definition) is 0. The number of hydrogen-bond acceptors (Lipinski definition) is 0. The molecule has 12 heteroatoms. The lowest BCUT2D eigenvalue weighted by atomic mass is 10.1. The van der Waals surface area contributed by atoms with Gasteiger partial charge in [-0.1, -0.05) is 63.1 Å². The maximum atomic E-state index is 9.75. The predicted molar refractivity (Wildman–Crippen MR) is 143 cm³/mol. The van der Waals surface area contributed by atoms with E-state index in [0.29, 0.717) is 0 Å². The molecule has 2 aromatic heterocycles. The highest BCUT2D eigenvalue weighted by Gasteiger charge is 2.21. The zero-order valence-electron chi connectivity index (χ0n) is 22.1. The van der Waals surface area contributed by atoms with Gasteiger partial charge in [0.1, 0.15) is 0 Å². The summed E-state index contributed by atoms with van der Waals surface area (Å²) < 4.78 is 82.4. The van der Waals surface area contributed by atoms with Gasteiger partial charge in [-0.15, -0.1) is 0 Å². The van der Waals surface area contributed by atoms with Crippen LogP contribution >= 0.6 is 0 Å². The van der Waals surface area contributed by atoms with E-state index < -0.39 is 14.5 Å². The number of para-hydroxylation sites is 2. The van der Waals surface area contributed by atoms with E-state index in [1.54, 1.807) is 0 Å². The fraction of sp³-hybridized carbons (Fsp3) is 0.214. The Morgan fingerprint density at radius 2 is 0.750 bits per heavy atom. The molecular weight excluding hydrogens is 538 g/mol. The molecule has 2 aromatic carbocycles. The second-order valence-corrected chi connectivity index (χ2v) is 8.74. The maximum Gasteiger partial charge on any atom is 0.673 e. The highest BCUT2D eigenvalue weighted by Crippen LogP contribution is 2.18. The molecule has 0 bridgehead atoms. The number of halogens is 8. The summed E-state index contributed by atoms with van der Waals surface area (Å²) in [7, 11) is -12.0. The SMILES string of the molecule is CCCc1ccccc1-[n+]1ccc(-c2cc[n+](-c3ccccc3CCC)cc2)cc1.F[B-](F)(F)F.F[B-](F)(F)F. The minimum absolute atomic E-state index is 1.10. The van der Waals surface area contributed by atoms with Crippen molar-refractivity contribution in [2.45, 2.75) is 39.5 Å². The number of pyridine rings is 2. The third-order valence-electron chi connectivity index (χ3n) is 5.57. The van der Waals surface area contributed by atoms with Gasteiger partial charge in [0.15, 0.2) is 24.8 Å². The second-order valence-electron chi connectivity index (χ2n) is 8.74. The van der Waals surface area contributed by atoms with Gasteiger partial charge in [-0.2, -0.15) is 9.13 Å². The lowest BCUT2D eigenvalue weighted by molar-refractivity contribution is -0.596. The number of aromatic nitrogens is 2. The molecule has 0 N–H and O–H groups in total. The molecule has 4 aromatic rings. The Balaban J connectivity index is 0.000000482. The van der Waals surface area contributed by atoms with Crippen molar-refractivity contribution in [3.05, 3.63) is 109 Å². The van der Waals surface area contributed by atoms with E-state index in [4.69, 9.17) is 0 Å². The molecule has 0 aliphatic rings. The van der Waals surface area contributed by atoms with Crippen LogP contribution in [-0.4, -0.2) is 14.5 Å². The number of rotatable bonds is 7. The molecule has 0 aliphatic heterocycles. The Labute approximate surface area is 229 Å². The average Bonchev–Trinajstić information content (AvgIpc) is 2.88. The van der Waals surface area contributed by atoms with Crippen LogP contribution in [0.1, 0.15) is 37.8 Å². The molecule has 2 heterocycles. The van der Waals surface area contributed by atoms with Crippen molar-refractivity contribution in [1.82, 2.24) is 0 Å². The van der Waals surface area contributed by atoms with Crippen LogP contribution in [0.25, 0.3) is 22.5 Å². The zero-order valence-corrected chi connectivity index (χ0v) is 22.1. The number of aryl methyl sites for hydroxylation is 2. The molecule has 0 spiro atoms. The molecule has 40 heavy (non-hydrogen) atoms. The van der Waals surface area contributed by atoms with E-state index in [9.17, 15) is 34.5 Å². The molecule has 0 radical (unpaired) electrons. The van der Waals surface area contributed by atoms with Crippen LogP contribution in [0, 0.1) is 0 Å². The van der Waals surface area contributed by atoms with Crippen molar-refractivity contribution in [2.75, 3.05) is 0 Å². The molecule has 0 unspecified atom stereocenters. The molecular formula is C28H30B2F8N2. The van der Waals surface area contributed by atoms with Gasteiger partial charge in [0.2, 0.25) is 11.4 Å².